The number of hydrogen-bond acceptors (Lipinski definition) is 3. The van der Waals surface area contributed by atoms with Gasteiger partial charge in [0.1, 0.15) is 5.75 Å². The number of allylic oxidation sites excluding steroid dienone is 1. The van der Waals surface area contributed by atoms with Crippen molar-refractivity contribution >= 4 is 28.3 Å². The Morgan fingerprint density at radius 2 is 2.06 bits per heavy atom. The minimum absolute atomic E-state index is 0.0768. The maximum absolute atomic E-state index is 12.8. The SMILES string of the molecule is CCCCN1C=CC(c2c[nH]c3ccc(NC(=O)Nc4ccccc4OC(C)CC)cc23)CC1. The second kappa shape index (κ2) is 11.1. The summed E-state index contributed by atoms with van der Waals surface area (Å²) in [7, 11) is 0. The van der Waals surface area contributed by atoms with Crippen LogP contribution in [0.2, 0.25) is 0 Å². The average Bonchev–Trinajstić information content (AvgIpc) is 3.27. The van der Waals surface area contributed by atoms with Crippen molar-refractivity contribution in [2.24, 2.45) is 0 Å². The van der Waals surface area contributed by atoms with Crippen LogP contribution in [0.5, 0.6) is 5.75 Å². The molecular formula is C28H36N4O2. The molecule has 2 aromatic carbocycles. The fourth-order valence-corrected chi connectivity index (χ4v) is 4.29. The van der Waals surface area contributed by atoms with E-state index in [1.807, 2.05) is 43.3 Å². The molecule has 0 saturated carbocycles. The number of nitrogens with zero attached hydrogens (tertiary/aromatic N) is 1. The number of amides is 2. The van der Waals surface area contributed by atoms with Gasteiger partial charge in [0.2, 0.25) is 0 Å². The summed E-state index contributed by atoms with van der Waals surface area (Å²) in [5.41, 5.74) is 3.77. The van der Waals surface area contributed by atoms with Crippen molar-refractivity contribution in [1.29, 1.82) is 0 Å². The molecule has 1 aliphatic heterocycles. The molecule has 6 nitrogen and oxygen atoms in total. The Kier molecular flexibility index (Phi) is 7.78. The van der Waals surface area contributed by atoms with Gasteiger partial charge < -0.3 is 25.3 Å². The van der Waals surface area contributed by atoms with E-state index in [4.69, 9.17) is 4.74 Å². The van der Waals surface area contributed by atoms with Crippen LogP contribution in [0.1, 0.15) is 57.9 Å². The number of carbonyl (C=O) groups excluding carboxylic acids is 1. The molecule has 0 spiro atoms. The Bertz CT molecular complexity index is 1140. The molecule has 2 heterocycles. The third-order valence-electron chi connectivity index (χ3n) is 6.46. The summed E-state index contributed by atoms with van der Waals surface area (Å²) >= 11 is 0. The zero-order valence-corrected chi connectivity index (χ0v) is 20.4. The van der Waals surface area contributed by atoms with Crippen LogP contribution in [0.25, 0.3) is 10.9 Å². The number of aromatic nitrogens is 1. The van der Waals surface area contributed by atoms with Crippen molar-refractivity contribution in [2.75, 3.05) is 23.7 Å². The molecular weight excluding hydrogens is 424 g/mol. The number of H-pyrrole nitrogens is 1. The predicted molar refractivity (Wildman–Crippen MR) is 141 cm³/mol. The van der Waals surface area contributed by atoms with Crippen LogP contribution in [0.15, 0.2) is 60.9 Å². The first-order valence-corrected chi connectivity index (χ1v) is 12.4. The number of aromatic amines is 1. The van der Waals surface area contributed by atoms with Crippen LogP contribution < -0.4 is 15.4 Å². The monoisotopic (exact) mass is 460 g/mol. The van der Waals surface area contributed by atoms with E-state index in [9.17, 15) is 4.79 Å². The van der Waals surface area contributed by atoms with Crippen LogP contribution >= 0.6 is 0 Å². The highest BCUT2D eigenvalue weighted by Gasteiger charge is 2.18. The molecule has 0 fully saturated rings. The summed E-state index contributed by atoms with van der Waals surface area (Å²) < 4.78 is 5.95. The van der Waals surface area contributed by atoms with Crippen molar-refractivity contribution in [2.45, 2.75) is 58.5 Å². The number of carbonyl (C=O) groups is 1. The zero-order chi connectivity index (χ0) is 23.9. The topological polar surface area (TPSA) is 69.4 Å². The number of anilines is 2. The normalized spacial score (nSPS) is 16.4. The summed E-state index contributed by atoms with van der Waals surface area (Å²) in [6.07, 6.45) is 11.2. The van der Waals surface area contributed by atoms with Crippen molar-refractivity contribution in [3.8, 4) is 5.75 Å². The molecule has 2 amide bonds. The Balaban J connectivity index is 1.45. The van der Waals surface area contributed by atoms with E-state index in [2.05, 4.69) is 58.9 Å². The highest BCUT2D eigenvalue weighted by molar-refractivity contribution is 6.02. The highest BCUT2D eigenvalue weighted by atomic mass is 16.5. The van der Waals surface area contributed by atoms with Crippen molar-refractivity contribution < 1.29 is 9.53 Å². The molecule has 3 aromatic rings. The molecule has 1 aromatic heterocycles. The summed E-state index contributed by atoms with van der Waals surface area (Å²) in [6, 6.07) is 13.2. The van der Waals surface area contributed by atoms with Gasteiger partial charge in [0.05, 0.1) is 11.8 Å². The number of urea groups is 1. The maximum atomic E-state index is 12.8. The average molecular weight is 461 g/mol. The molecule has 180 valence electrons. The van der Waals surface area contributed by atoms with Gasteiger partial charge in [-0.1, -0.05) is 38.5 Å². The Morgan fingerprint density at radius 1 is 1.21 bits per heavy atom. The van der Waals surface area contributed by atoms with Gasteiger partial charge in [-0.2, -0.15) is 0 Å². The van der Waals surface area contributed by atoms with Crippen molar-refractivity contribution in [3.05, 3.63) is 66.5 Å². The van der Waals surface area contributed by atoms with E-state index >= 15 is 0 Å². The fraction of sp³-hybridized carbons (Fsp3) is 0.393. The van der Waals surface area contributed by atoms with Gasteiger partial charge in [-0.05, 0) is 68.3 Å². The zero-order valence-electron chi connectivity index (χ0n) is 20.4. The summed E-state index contributed by atoms with van der Waals surface area (Å²) in [5, 5.41) is 7.06. The van der Waals surface area contributed by atoms with E-state index in [1.54, 1.807) is 0 Å². The van der Waals surface area contributed by atoms with Gasteiger partial charge in [0.25, 0.3) is 0 Å². The van der Waals surface area contributed by atoms with E-state index < -0.39 is 0 Å². The van der Waals surface area contributed by atoms with Gasteiger partial charge in [0, 0.05) is 41.8 Å². The molecule has 34 heavy (non-hydrogen) atoms. The minimum atomic E-state index is -0.291. The lowest BCUT2D eigenvalue weighted by Crippen LogP contribution is -2.24. The van der Waals surface area contributed by atoms with Gasteiger partial charge in [-0.25, -0.2) is 4.79 Å². The number of rotatable bonds is 9. The Morgan fingerprint density at radius 3 is 2.82 bits per heavy atom. The number of fused-ring (bicyclic) bond motifs is 1. The predicted octanol–water partition coefficient (Wildman–Crippen LogP) is 7.09. The molecule has 0 radical (unpaired) electrons. The second-order valence-electron chi connectivity index (χ2n) is 9.04. The van der Waals surface area contributed by atoms with E-state index in [1.165, 1.54) is 18.4 Å². The van der Waals surface area contributed by atoms with Gasteiger partial charge in [-0.15, -0.1) is 0 Å². The molecule has 2 atom stereocenters. The number of ether oxygens (including phenoxy) is 1. The number of hydrogen-bond donors (Lipinski definition) is 3. The van der Waals surface area contributed by atoms with Crippen molar-refractivity contribution in [1.82, 2.24) is 9.88 Å². The van der Waals surface area contributed by atoms with Gasteiger partial charge >= 0.3 is 6.03 Å². The molecule has 2 unspecified atom stereocenters. The number of nitrogens with one attached hydrogen (secondary N) is 3. The fourth-order valence-electron chi connectivity index (χ4n) is 4.29. The minimum Gasteiger partial charge on any atom is -0.489 e. The largest absolute Gasteiger partial charge is 0.489 e. The van der Waals surface area contributed by atoms with E-state index in [0.717, 1.165) is 42.5 Å². The molecule has 0 aliphatic carbocycles. The van der Waals surface area contributed by atoms with Crippen LogP contribution in [-0.4, -0.2) is 35.1 Å². The number of benzene rings is 2. The lowest BCUT2D eigenvalue weighted by Gasteiger charge is -2.27. The Labute approximate surface area is 202 Å². The quantitative estimate of drug-likeness (QED) is 0.319. The summed E-state index contributed by atoms with van der Waals surface area (Å²) in [5.74, 6) is 1.05. The second-order valence-corrected chi connectivity index (χ2v) is 9.04. The standard InChI is InChI=1S/C28H36N4O2/c1-4-6-15-32-16-13-21(14-17-32)24-19-29-25-12-11-22(18-23(24)25)30-28(33)31-26-9-7-8-10-27(26)34-20(3)5-2/h7-13,16,18-21,29H,4-6,14-15,17H2,1-3H3,(H2,30,31,33). The number of para-hydroxylation sites is 2. The van der Waals surface area contributed by atoms with Gasteiger partial charge in [-0.3, -0.25) is 0 Å². The highest BCUT2D eigenvalue weighted by Crippen LogP contribution is 2.33. The first-order chi connectivity index (χ1) is 16.6. The smallest absolute Gasteiger partial charge is 0.323 e. The van der Waals surface area contributed by atoms with E-state index in [-0.39, 0.29) is 12.1 Å². The number of unbranched alkanes of at least 4 members (excludes halogenated alkanes) is 1. The van der Waals surface area contributed by atoms with Gasteiger partial charge in [0.15, 0.2) is 0 Å². The lowest BCUT2D eigenvalue weighted by molar-refractivity contribution is 0.218. The first kappa shape index (κ1) is 23.7. The van der Waals surface area contributed by atoms with Crippen LogP contribution in [0.3, 0.4) is 0 Å². The Hall–Kier alpha value is -3.41. The molecule has 1 aliphatic rings. The third kappa shape index (κ3) is 5.74. The lowest BCUT2D eigenvalue weighted by atomic mass is 9.93. The molecule has 0 bridgehead atoms. The molecule has 4 rings (SSSR count). The van der Waals surface area contributed by atoms with Crippen molar-refractivity contribution in [3.63, 3.8) is 0 Å². The molecule has 6 heteroatoms. The summed E-state index contributed by atoms with van der Waals surface area (Å²) in [6.45, 7) is 8.53. The van der Waals surface area contributed by atoms with Crippen LogP contribution in [0, 0.1) is 0 Å². The van der Waals surface area contributed by atoms with Crippen LogP contribution in [-0.2, 0) is 0 Å². The van der Waals surface area contributed by atoms with E-state index in [0.29, 0.717) is 17.4 Å². The molecule has 0 saturated heterocycles. The third-order valence-corrected chi connectivity index (χ3v) is 6.46. The summed E-state index contributed by atoms with van der Waals surface area (Å²) in [4.78, 5) is 18.6. The maximum Gasteiger partial charge on any atom is 0.323 e. The first-order valence-electron chi connectivity index (χ1n) is 12.4. The van der Waals surface area contributed by atoms with Crippen LogP contribution in [0.4, 0.5) is 16.2 Å². The molecule has 3 N–H and O–H groups in total.